The number of amides is 1. The Hall–Kier alpha value is -1.55. The molecule has 0 saturated carbocycles. The van der Waals surface area contributed by atoms with Gasteiger partial charge in [-0.3, -0.25) is 4.79 Å². The number of benzene rings is 1. The Balaban J connectivity index is 2.32. The van der Waals surface area contributed by atoms with Crippen molar-refractivity contribution in [3.8, 4) is 5.75 Å². The average Bonchev–Trinajstić information content (AvgIpc) is 2.28. The molecule has 0 aliphatic carbocycles. The molecule has 1 rings (SSSR count). The first-order valence-corrected chi connectivity index (χ1v) is 5.42. The summed E-state index contributed by atoms with van der Waals surface area (Å²) >= 11 is 0. The lowest BCUT2D eigenvalue weighted by Gasteiger charge is -2.06. The van der Waals surface area contributed by atoms with E-state index in [2.05, 4.69) is 10.6 Å². The second-order valence-corrected chi connectivity index (χ2v) is 3.61. The second kappa shape index (κ2) is 6.85. The van der Waals surface area contributed by atoms with Crippen molar-refractivity contribution in [3.63, 3.8) is 0 Å². The number of hydrogen-bond donors (Lipinski definition) is 3. The molecule has 0 aliphatic heterocycles. The Morgan fingerprint density at radius 3 is 2.75 bits per heavy atom. The molecule has 0 spiro atoms. The molecule has 16 heavy (non-hydrogen) atoms. The summed E-state index contributed by atoms with van der Waals surface area (Å²) in [5.41, 5.74) is 0.661. The van der Waals surface area contributed by atoms with Crippen molar-refractivity contribution < 1.29 is 9.90 Å². The minimum absolute atomic E-state index is 0.0578. The molecule has 0 aromatic heterocycles. The second-order valence-electron chi connectivity index (χ2n) is 3.61. The van der Waals surface area contributed by atoms with Gasteiger partial charge >= 0.3 is 0 Å². The van der Waals surface area contributed by atoms with Crippen LogP contribution in [0.1, 0.15) is 12.0 Å². The number of carbonyl (C=O) groups excluding carboxylic acids is 1. The molecule has 1 aromatic rings. The molecular weight excluding hydrogens is 204 g/mol. The van der Waals surface area contributed by atoms with Crippen LogP contribution < -0.4 is 10.6 Å². The zero-order chi connectivity index (χ0) is 11.8. The fourth-order valence-electron chi connectivity index (χ4n) is 1.39. The first-order chi connectivity index (χ1) is 7.74. The summed E-state index contributed by atoms with van der Waals surface area (Å²) in [4.78, 5) is 11.5. The van der Waals surface area contributed by atoms with Gasteiger partial charge in [-0.2, -0.15) is 0 Å². The monoisotopic (exact) mass is 222 g/mol. The normalized spacial score (nSPS) is 10.1. The lowest BCUT2D eigenvalue weighted by atomic mass is 10.1. The molecule has 0 heterocycles. The molecule has 0 radical (unpaired) electrons. The van der Waals surface area contributed by atoms with Crippen LogP contribution in [-0.4, -0.2) is 31.2 Å². The first-order valence-electron chi connectivity index (χ1n) is 5.42. The van der Waals surface area contributed by atoms with Gasteiger partial charge in [-0.25, -0.2) is 0 Å². The van der Waals surface area contributed by atoms with Gasteiger partial charge in [0.15, 0.2) is 0 Å². The molecule has 1 amide bonds. The van der Waals surface area contributed by atoms with Crippen LogP contribution in [-0.2, 0) is 11.2 Å². The Kier molecular flexibility index (Phi) is 5.36. The Bertz CT molecular complexity index is 340. The molecule has 88 valence electrons. The maximum absolute atomic E-state index is 11.5. The van der Waals surface area contributed by atoms with Gasteiger partial charge in [0.25, 0.3) is 0 Å². The Labute approximate surface area is 95.7 Å². The summed E-state index contributed by atoms with van der Waals surface area (Å²) < 4.78 is 0. The van der Waals surface area contributed by atoms with Crippen LogP contribution in [0.5, 0.6) is 5.75 Å². The SMILES string of the molecule is CNCCCNC(=O)Cc1ccccc1O. The number of phenolic OH excluding ortho intramolecular Hbond substituents is 1. The molecule has 1 aromatic carbocycles. The summed E-state index contributed by atoms with van der Waals surface area (Å²) in [6, 6.07) is 6.89. The maximum Gasteiger partial charge on any atom is 0.224 e. The van der Waals surface area contributed by atoms with Gasteiger partial charge in [-0.1, -0.05) is 18.2 Å². The van der Waals surface area contributed by atoms with Crippen molar-refractivity contribution in [2.75, 3.05) is 20.1 Å². The van der Waals surface area contributed by atoms with Crippen LogP contribution in [0, 0.1) is 0 Å². The third-order valence-corrected chi connectivity index (χ3v) is 2.27. The van der Waals surface area contributed by atoms with E-state index in [0.29, 0.717) is 12.1 Å². The van der Waals surface area contributed by atoms with E-state index >= 15 is 0 Å². The van der Waals surface area contributed by atoms with E-state index in [1.54, 1.807) is 18.2 Å². The maximum atomic E-state index is 11.5. The van der Waals surface area contributed by atoms with Crippen LogP contribution in [0.3, 0.4) is 0 Å². The predicted octanol–water partition coefficient (Wildman–Crippen LogP) is 0.660. The summed E-state index contributed by atoms with van der Waals surface area (Å²) in [5.74, 6) is 0.116. The van der Waals surface area contributed by atoms with Crippen molar-refractivity contribution in [1.29, 1.82) is 0 Å². The number of hydrogen-bond acceptors (Lipinski definition) is 3. The quantitative estimate of drug-likeness (QED) is 0.620. The number of aromatic hydroxyl groups is 1. The van der Waals surface area contributed by atoms with Gasteiger partial charge < -0.3 is 15.7 Å². The van der Waals surface area contributed by atoms with E-state index in [-0.39, 0.29) is 18.1 Å². The zero-order valence-electron chi connectivity index (χ0n) is 9.49. The summed E-state index contributed by atoms with van der Waals surface area (Å²) in [5, 5.41) is 15.3. The molecule has 0 bridgehead atoms. The number of carbonyl (C=O) groups is 1. The molecule has 4 nitrogen and oxygen atoms in total. The number of nitrogens with one attached hydrogen (secondary N) is 2. The van der Waals surface area contributed by atoms with Crippen molar-refractivity contribution in [2.24, 2.45) is 0 Å². The fraction of sp³-hybridized carbons (Fsp3) is 0.417. The first kappa shape index (κ1) is 12.5. The summed E-state index contributed by atoms with van der Waals surface area (Å²) in [6.45, 7) is 1.55. The summed E-state index contributed by atoms with van der Waals surface area (Å²) in [7, 11) is 1.88. The zero-order valence-corrected chi connectivity index (χ0v) is 9.49. The molecule has 0 fully saturated rings. The number of para-hydroxylation sites is 1. The molecule has 0 unspecified atom stereocenters. The molecule has 0 aliphatic rings. The van der Waals surface area contributed by atoms with E-state index in [9.17, 15) is 9.90 Å². The largest absolute Gasteiger partial charge is 0.508 e. The highest BCUT2D eigenvalue weighted by Crippen LogP contribution is 2.15. The van der Waals surface area contributed by atoms with Gasteiger partial charge in [0.2, 0.25) is 5.91 Å². The molecule has 0 atom stereocenters. The lowest BCUT2D eigenvalue weighted by molar-refractivity contribution is -0.120. The Morgan fingerprint density at radius 2 is 2.06 bits per heavy atom. The third kappa shape index (κ3) is 4.31. The minimum atomic E-state index is -0.0578. The van der Waals surface area contributed by atoms with Crippen LogP contribution in [0.15, 0.2) is 24.3 Å². The van der Waals surface area contributed by atoms with E-state index in [0.717, 1.165) is 13.0 Å². The van der Waals surface area contributed by atoms with Crippen LogP contribution >= 0.6 is 0 Å². The van der Waals surface area contributed by atoms with Crippen molar-refractivity contribution in [1.82, 2.24) is 10.6 Å². The topological polar surface area (TPSA) is 61.4 Å². The van der Waals surface area contributed by atoms with Crippen molar-refractivity contribution in [3.05, 3.63) is 29.8 Å². The molecule has 0 saturated heterocycles. The highest BCUT2D eigenvalue weighted by atomic mass is 16.3. The van der Waals surface area contributed by atoms with Crippen LogP contribution in [0.25, 0.3) is 0 Å². The van der Waals surface area contributed by atoms with Crippen LogP contribution in [0.2, 0.25) is 0 Å². The molecular formula is C12H18N2O2. The van der Waals surface area contributed by atoms with E-state index in [4.69, 9.17) is 0 Å². The highest BCUT2D eigenvalue weighted by molar-refractivity contribution is 5.79. The minimum Gasteiger partial charge on any atom is -0.508 e. The van der Waals surface area contributed by atoms with Gasteiger partial charge in [-0.15, -0.1) is 0 Å². The van der Waals surface area contributed by atoms with Crippen molar-refractivity contribution in [2.45, 2.75) is 12.8 Å². The predicted molar refractivity (Wildman–Crippen MR) is 63.4 cm³/mol. The van der Waals surface area contributed by atoms with Gasteiger partial charge in [-0.05, 0) is 26.1 Å². The van der Waals surface area contributed by atoms with Gasteiger partial charge in [0.1, 0.15) is 5.75 Å². The van der Waals surface area contributed by atoms with Gasteiger partial charge in [0.05, 0.1) is 6.42 Å². The third-order valence-electron chi connectivity index (χ3n) is 2.27. The lowest BCUT2D eigenvalue weighted by Crippen LogP contribution is -2.27. The number of rotatable bonds is 6. The average molecular weight is 222 g/mol. The van der Waals surface area contributed by atoms with E-state index in [1.807, 2.05) is 13.1 Å². The molecule has 3 N–H and O–H groups in total. The van der Waals surface area contributed by atoms with Crippen molar-refractivity contribution >= 4 is 5.91 Å². The van der Waals surface area contributed by atoms with Gasteiger partial charge in [0, 0.05) is 12.1 Å². The smallest absolute Gasteiger partial charge is 0.224 e. The molecule has 4 heteroatoms. The number of phenols is 1. The Morgan fingerprint density at radius 1 is 1.31 bits per heavy atom. The summed E-state index contributed by atoms with van der Waals surface area (Å²) in [6.07, 6.45) is 1.13. The van der Waals surface area contributed by atoms with Crippen LogP contribution in [0.4, 0.5) is 0 Å². The fourth-order valence-corrected chi connectivity index (χ4v) is 1.39. The standard InChI is InChI=1S/C12H18N2O2/c1-13-7-4-8-14-12(16)9-10-5-2-3-6-11(10)15/h2-3,5-6,13,15H,4,7-9H2,1H3,(H,14,16). The highest BCUT2D eigenvalue weighted by Gasteiger charge is 2.05. The van der Waals surface area contributed by atoms with E-state index < -0.39 is 0 Å². The van der Waals surface area contributed by atoms with E-state index in [1.165, 1.54) is 0 Å².